The zero-order valence-electron chi connectivity index (χ0n) is 8.95. The van der Waals surface area contributed by atoms with Crippen LogP contribution in [-0.2, 0) is 11.3 Å². The molecule has 0 aliphatic carbocycles. The third-order valence-corrected chi connectivity index (χ3v) is 2.10. The molecule has 1 rings (SSSR count). The molecular weight excluding hydrogens is 194 g/mol. The largest absolute Gasteiger partial charge is 0.496 e. The number of carbonyl (C=O) groups excluding carboxylic acids is 1. The third kappa shape index (κ3) is 2.55. The lowest BCUT2D eigenvalue weighted by Gasteiger charge is -2.11. The van der Waals surface area contributed by atoms with Crippen LogP contribution in [0.5, 0.6) is 5.75 Å². The second-order valence-electron chi connectivity index (χ2n) is 3.05. The summed E-state index contributed by atoms with van der Waals surface area (Å²) in [6.07, 6.45) is 0. The van der Waals surface area contributed by atoms with E-state index in [2.05, 4.69) is 0 Å². The maximum Gasteiger partial charge on any atom is 0.180 e. The van der Waals surface area contributed by atoms with Gasteiger partial charge in [-0.3, -0.25) is 4.79 Å². The molecule has 0 aliphatic rings. The first kappa shape index (κ1) is 11.7. The molecule has 0 aliphatic heterocycles. The Bertz CT molecular complexity index is 350. The quantitative estimate of drug-likeness (QED) is 0.734. The van der Waals surface area contributed by atoms with Crippen molar-refractivity contribution in [1.29, 1.82) is 0 Å². The van der Waals surface area contributed by atoms with Crippen molar-refractivity contribution in [2.75, 3.05) is 20.8 Å². The van der Waals surface area contributed by atoms with Gasteiger partial charge in [-0.15, -0.1) is 0 Å². The van der Waals surface area contributed by atoms with Crippen LogP contribution in [0.3, 0.4) is 0 Å². The lowest BCUT2D eigenvalue weighted by atomic mass is 10.0. The Labute approximate surface area is 89.0 Å². The number of nitrogens with two attached hydrogens (primary N) is 1. The van der Waals surface area contributed by atoms with Crippen molar-refractivity contribution in [3.05, 3.63) is 29.3 Å². The average Bonchev–Trinajstić information content (AvgIpc) is 2.28. The highest BCUT2D eigenvalue weighted by Gasteiger charge is 2.15. The number of methoxy groups -OCH3 is 2. The molecule has 0 aromatic heterocycles. The lowest BCUT2D eigenvalue weighted by Crippen LogP contribution is -2.17. The van der Waals surface area contributed by atoms with Gasteiger partial charge in [0.15, 0.2) is 5.78 Å². The van der Waals surface area contributed by atoms with Gasteiger partial charge >= 0.3 is 0 Å². The zero-order valence-corrected chi connectivity index (χ0v) is 8.95. The number of hydrogen-bond acceptors (Lipinski definition) is 4. The van der Waals surface area contributed by atoms with Crippen LogP contribution in [0.2, 0.25) is 0 Å². The molecule has 0 radical (unpaired) electrons. The van der Waals surface area contributed by atoms with Crippen LogP contribution in [0.4, 0.5) is 0 Å². The highest BCUT2D eigenvalue weighted by Crippen LogP contribution is 2.23. The van der Waals surface area contributed by atoms with Crippen molar-refractivity contribution in [3.63, 3.8) is 0 Å². The van der Waals surface area contributed by atoms with Crippen molar-refractivity contribution in [2.45, 2.75) is 6.61 Å². The highest BCUT2D eigenvalue weighted by atomic mass is 16.5. The molecule has 4 nitrogen and oxygen atoms in total. The van der Waals surface area contributed by atoms with E-state index in [-0.39, 0.29) is 12.3 Å². The molecule has 15 heavy (non-hydrogen) atoms. The van der Waals surface area contributed by atoms with Gasteiger partial charge < -0.3 is 15.2 Å². The molecule has 0 bridgehead atoms. The first-order valence-corrected chi connectivity index (χ1v) is 4.62. The molecular formula is C11H15NO3. The summed E-state index contributed by atoms with van der Waals surface area (Å²) in [4.78, 5) is 11.6. The van der Waals surface area contributed by atoms with Crippen LogP contribution in [0.25, 0.3) is 0 Å². The van der Waals surface area contributed by atoms with Gasteiger partial charge in [-0.1, -0.05) is 12.1 Å². The molecule has 0 atom stereocenters. The Morgan fingerprint density at radius 2 is 2.13 bits per heavy atom. The summed E-state index contributed by atoms with van der Waals surface area (Å²) in [5.74, 6) is 0.402. The molecule has 1 aromatic carbocycles. The molecule has 0 spiro atoms. The molecule has 0 fully saturated rings. The summed E-state index contributed by atoms with van der Waals surface area (Å²) in [5, 5.41) is 0. The minimum Gasteiger partial charge on any atom is -0.496 e. The van der Waals surface area contributed by atoms with E-state index in [0.717, 1.165) is 5.56 Å². The second kappa shape index (κ2) is 5.48. The predicted octanol–water partition coefficient (Wildman–Crippen LogP) is 0.983. The van der Waals surface area contributed by atoms with Crippen LogP contribution in [0, 0.1) is 0 Å². The summed E-state index contributed by atoms with van der Waals surface area (Å²) >= 11 is 0. The average molecular weight is 209 g/mol. The van der Waals surface area contributed by atoms with Gasteiger partial charge in [0.1, 0.15) is 5.75 Å². The summed E-state index contributed by atoms with van der Waals surface area (Å²) in [7, 11) is 3.11. The highest BCUT2D eigenvalue weighted by molar-refractivity contribution is 6.01. The smallest absolute Gasteiger partial charge is 0.180 e. The van der Waals surface area contributed by atoms with Crippen molar-refractivity contribution < 1.29 is 14.3 Å². The topological polar surface area (TPSA) is 61.5 Å². The van der Waals surface area contributed by atoms with Gasteiger partial charge in [0, 0.05) is 7.11 Å². The van der Waals surface area contributed by atoms with Crippen molar-refractivity contribution in [3.8, 4) is 5.75 Å². The Morgan fingerprint density at radius 1 is 1.40 bits per heavy atom. The maximum atomic E-state index is 11.6. The van der Waals surface area contributed by atoms with E-state index in [1.165, 1.54) is 7.11 Å². The summed E-state index contributed by atoms with van der Waals surface area (Å²) in [5.41, 5.74) is 6.66. The molecule has 0 saturated carbocycles. The Balaban J connectivity index is 3.20. The van der Waals surface area contributed by atoms with Crippen molar-refractivity contribution >= 4 is 5.78 Å². The molecule has 2 N–H and O–H groups in total. The van der Waals surface area contributed by atoms with E-state index in [0.29, 0.717) is 17.9 Å². The zero-order chi connectivity index (χ0) is 11.3. The van der Waals surface area contributed by atoms with Crippen molar-refractivity contribution in [2.24, 2.45) is 5.73 Å². The second-order valence-corrected chi connectivity index (χ2v) is 3.05. The van der Waals surface area contributed by atoms with Crippen LogP contribution in [-0.4, -0.2) is 26.5 Å². The van der Waals surface area contributed by atoms with Crippen LogP contribution in [0.15, 0.2) is 18.2 Å². The molecule has 0 unspecified atom stereocenters. The fourth-order valence-electron chi connectivity index (χ4n) is 1.44. The lowest BCUT2D eigenvalue weighted by molar-refractivity contribution is 0.0993. The van der Waals surface area contributed by atoms with E-state index in [4.69, 9.17) is 15.2 Å². The summed E-state index contributed by atoms with van der Waals surface area (Å²) < 4.78 is 10.1. The number of ketones is 1. The number of hydrogen-bond donors (Lipinski definition) is 1. The Morgan fingerprint density at radius 3 is 2.67 bits per heavy atom. The predicted molar refractivity (Wildman–Crippen MR) is 57.1 cm³/mol. The van der Waals surface area contributed by atoms with Crippen LogP contribution < -0.4 is 10.5 Å². The molecule has 82 valence electrons. The monoisotopic (exact) mass is 209 g/mol. The molecule has 4 heteroatoms. The minimum atomic E-state index is -0.139. The fraction of sp³-hybridized carbons (Fsp3) is 0.364. The first-order chi connectivity index (χ1) is 7.24. The standard InChI is InChI=1S/C11H15NO3/c1-14-7-8-4-3-5-10(15-2)11(8)9(13)6-12/h3-5H,6-7,12H2,1-2H3. The van der Waals surface area contributed by atoms with Gasteiger partial charge in [0.2, 0.25) is 0 Å². The van der Waals surface area contributed by atoms with E-state index in [9.17, 15) is 4.79 Å². The first-order valence-electron chi connectivity index (χ1n) is 4.62. The Kier molecular flexibility index (Phi) is 4.27. The van der Waals surface area contributed by atoms with Gasteiger partial charge in [0.05, 0.1) is 25.8 Å². The Hall–Kier alpha value is -1.39. The van der Waals surface area contributed by atoms with Gasteiger partial charge in [-0.25, -0.2) is 0 Å². The molecule has 0 amide bonds. The van der Waals surface area contributed by atoms with E-state index in [1.807, 2.05) is 12.1 Å². The van der Waals surface area contributed by atoms with Crippen LogP contribution in [0.1, 0.15) is 15.9 Å². The molecule has 1 aromatic rings. The summed E-state index contributed by atoms with van der Waals surface area (Å²) in [6.45, 7) is 0.343. The van der Waals surface area contributed by atoms with Crippen molar-refractivity contribution in [1.82, 2.24) is 0 Å². The minimum absolute atomic E-state index is 0.0307. The number of carbonyl (C=O) groups is 1. The molecule has 0 heterocycles. The van der Waals surface area contributed by atoms with Gasteiger partial charge in [-0.05, 0) is 11.6 Å². The van der Waals surface area contributed by atoms with E-state index < -0.39 is 0 Å². The maximum absolute atomic E-state index is 11.6. The van der Waals surface area contributed by atoms with E-state index >= 15 is 0 Å². The SMILES string of the molecule is COCc1cccc(OC)c1C(=O)CN. The summed E-state index contributed by atoms with van der Waals surface area (Å²) in [6, 6.07) is 5.39. The number of benzene rings is 1. The van der Waals surface area contributed by atoms with E-state index in [1.54, 1.807) is 13.2 Å². The fourth-order valence-corrected chi connectivity index (χ4v) is 1.44. The number of ether oxygens (including phenoxy) is 2. The molecule has 0 saturated heterocycles. The normalized spacial score (nSPS) is 10.1. The van der Waals surface area contributed by atoms with Gasteiger partial charge in [-0.2, -0.15) is 0 Å². The number of Topliss-reactive ketones (excluding diaryl/α,β-unsaturated/α-hetero) is 1. The number of rotatable bonds is 5. The third-order valence-electron chi connectivity index (χ3n) is 2.10. The van der Waals surface area contributed by atoms with Gasteiger partial charge in [0.25, 0.3) is 0 Å². The van der Waals surface area contributed by atoms with Crippen LogP contribution >= 0.6 is 0 Å².